The minimum absolute atomic E-state index is 0.848. The number of fused-ring (bicyclic) bond motifs is 7. The van der Waals surface area contributed by atoms with Crippen molar-refractivity contribution in [3.05, 3.63) is 170 Å². The van der Waals surface area contributed by atoms with Gasteiger partial charge in [0.1, 0.15) is 22.5 Å². The van der Waals surface area contributed by atoms with Crippen LogP contribution < -0.4 is 0 Å². The van der Waals surface area contributed by atoms with E-state index in [9.17, 15) is 0 Å². The summed E-state index contributed by atoms with van der Waals surface area (Å²) >= 11 is 0. The first-order valence-electron chi connectivity index (χ1n) is 16.4. The van der Waals surface area contributed by atoms with Gasteiger partial charge in [-0.2, -0.15) is 0 Å². The SMILES string of the molecule is c1ccc(-c2oc3ccc4oc5ccccc5c4c3c2-c2ccc(-c3c4ccccc4c(-c4ccccc4)c4ccccc34)cc2)cc1. The summed E-state index contributed by atoms with van der Waals surface area (Å²) in [7, 11) is 0. The minimum Gasteiger partial charge on any atom is -0.456 e. The quantitative estimate of drug-likeness (QED) is 0.185. The molecule has 224 valence electrons. The van der Waals surface area contributed by atoms with Crippen molar-refractivity contribution in [2.24, 2.45) is 0 Å². The number of benzene rings is 8. The molecule has 0 atom stereocenters. The van der Waals surface area contributed by atoms with E-state index >= 15 is 0 Å². The predicted octanol–water partition coefficient (Wildman–Crippen LogP) is 13.3. The summed E-state index contributed by atoms with van der Waals surface area (Å²) in [6.07, 6.45) is 0. The standard InChI is InChI=1S/C46H28O2/c1-3-13-29(14-4-1)41-33-17-7-9-19-35(33)42(36-20-10-8-18-34(36)41)30-23-25-31(26-24-30)43-45-40(48-46(43)32-15-5-2-6-16-32)28-27-39-44(45)37-21-11-12-22-38(37)47-39/h1-28H. The molecule has 0 aliphatic heterocycles. The highest BCUT2D eigenvalue weighted by Gasteiger charge is 2.23. The Morgan fingerprint density at radius 2 is 0.667 bits per heavy atom. The Morgan fingerprint density at radius 3 is 1.23 bits per heavy atom. The van der Waals surface area contributed by atoms with Crippen LogP contribution in [0.2, 0.25) is 0 Å². The van der Waals surface area contributed by atoms with E-state index in [1.165, 1.54) is 43.8 Å². The number of hydrogen-bond donors (Lipinski definition) is 0. The van der Waals surface area contributed by atoms with Crippen molar-refractivity contribution in [1.82, 2.24) is 0 Å². The van der Waals surface area contributed by atoms with Gasteiger partial charge in [0, 0.05) is 27.3 Å². The van der Waals surface area contributed by atoms with E-state index in [2.05, 4.69) is 140 Å². The van der Waals surface area contributed by atoms with Gasteiger partial charge in [-0.1, -0.05) is 152 Å². The molecule has 0 aliphatic carbocycles. The lowest BCUT2D eigenvalue weighted by molar-refractivity contribution is 0.632. The van der Waals surface area contributed by atoms with Gasteiger partial charge in [-0.25, -0.2) is 0 Å². The summed E-state index contributed by atoms with van der Waals surface area (Å²) in [5, 5.41) is 8.24. The second-order valence-corrected chi connectivity index (χ2v) is 12.4. The molecule has 0 saturated carbocycles. The summed E-state index contributed by atoms with van der Waals surface area (Å²) in [4.78, 5) is 0. The molecule has 48 heavy (non-hydrogen) atoms. The van der Waals surface area contributed by atoms with Gasteiger partial charge >= 0.3 is 0 Å². The molecule has 8 aromatic carbocycles. The smallest absolute Gasteiger partial charge is 0.143 e. The summed E-state index contributed by atoms with van der Waals surface area (Å²) in [5.74, 6) is 0.860. The number of furan rings is 2. The monoisotopic (exact) mass is 612 g/mol. The Balaban J connectivity index is 1.24. The molecule has 2 heteroatoms. The van der Waals surface area contributed by atoms with Crippen molar-refractivity contribution in [3.63, 3.8) is 0 Å². The van der Waals surface area contributed by atoms with Crippen LogP contribution in [0.3, 0.4) is 0 Å². The molecular weight excluding hydrogens is 585 g/mol. The zero-order chi connectivity index (χ0) is 31.6. The molecular formula is C46H28O2. The minimum atomic E-state index is 0.848. The third-order valence-electron chi connectivity index (χ3n) is 9.69. The second-order valence-electron chi connectivity index (χ2n) is 12.4. The van der Waals surface area contributed by atoms with Gasteiger partial charge in [0.05, 0.1) is 0 Å². The molecule has 0 radical (unpaired) electrons. The van der Waals surface area contributed by atoms with Gasteiger partial charge in [0.15, 0.2) is 0 Å². The first-order chi connectivity index (χ1) is 23.8. The molecule has 2 nitrogen and oxygen atoms in total. The van der Waals surface area contributed by atoms with Gasteiger partial charge in [-0.15, -0.1) is 0 Å². The van der Waals surface area contributed by atoms with Crippen LogP contribution in [0.4, 0.5) is 0 Å². The van der Waals surface area contributed by atoms with Crippen LogP contribution in [0.1, 0.15) is 0 Å². The number of hydrogen-bond acceptors (Lipinski definition) is 2. The molecule has 0 unspecified atom stereocenters. The molecule has 10 rings (SSSR count). The van der Waals surface area contributed by atoms with E-state index in [4.69, 9.17) is 8.83 Å². The van der Waals surface area contributed by atoms with E-state index < -0.39 is 0 Å². The average Bonchev–Trinajstić information content (AvgIpc) is 3.73. The van der Waals surface area contributed by atoms with Gasteiger partial charge in [-0.3, -0.25) is 0 Å². The fourth-order valence-electron chi connectivity index (χ4n) is 7.63. The maximum Gasteiger partial charge on any atom is 0.143 e. The number of para-hydroxylation sites is 1. The van der Waals surface area contributed by atoms with Gasteiger partial charge in [0.25, 0.3) is 0 Å². The van der Waals surface area contributed by atoms with E-state index in [1.54, 1.807) is 0 Å². The lowest BCUT2D eigenvalue weighted by atomic mass is 9.85. The fourth-order valence-corrected chi connectivity index (χ4v) is 7.63. The molecule has 0 N–H and O–H groups in total. The molecule has 0 spiro atoms. The molecule has 0 amide bonds. The van der Waals surface area contributed by atoms with Crippen LogP contribution in [0.15, 0.2) is 179 Å². The fraction of sp³-hybridized carbons (Fsp3) is 0. The summed E-state index contributed by atoms with van der Waals surface area (Å²) < 4.78 is 13.0. The van der Waals surface area contributed by atoms with Gasteiger partial charge in [0.2, 0.25) is 0 Å². The van der Waals surface area contributed by atoms with Crippen LogP contribution in [-0.2, 0) is 0 Å². The molecule has 10 aromatic rings. The largest absolute Gasteiger partial charge is 0.456 e. The Kier molecular flexibility index (Phi) is 5.91. The molecule has 0 bridgehead atoms. The van der Waals surface area contributed by atoms with Crippen LogP contribution in [0.5, 0.6) is 0 Å². The number of rotatable bonds is 4. The van der Waals surface area contributed by atoms with Crippen molar-refractivity contribution < 1.29 is 8.83 Å². The van der Waals surface area contributed by atoms with Gasteiger partial charge < -0.3 is 8.83 Å². The highest BCUT2D eigenvalue weighted by Crippen LogP contribution is 2.48. The van der Waals surface area contributed by atoms with Crippen LogP contribution in [-0.4, -0.2) is 0 Å². The van der Waals surface area contributed by atoms with Gasteiger partial charge in [-0.05, 0) is 67.6 Å². The molecule has 2 heterocycles. The summed E-state index contributed by atoms with van der Waals surface area (Å²) in [6, 6.07) is 60.1. The molecule has 0 saturated heterocycles. The summed E-state index contributed by atoms with van der Waals surface area (Å²) in [6.45, 7) is 0. The van der Waals surface area contributed by atoms with Crippen molar-refractivity contribution in [2.45, 2.75) is 0 Å². The predicted molar refractivity (Wildman–Crippen MR) is 200 cm³/mol. The van der Waals surface area contributed by atoms with E-state index in [-0.39, 0.29) is 0 Å². The molecule has 0 fully saturated rings. The third-order valence-corrected chi connectivity index (χ3v) is 9.69. The molecule has 0 aliphatic rings. The van der Waals surface area contributed by atoms with Crippen molar-refractivity contribution in [3.8, 4) is 44.7 Å². The van der Waals surface area contributed by atoms with E-state index in [1.807, 2.05) is 30.3 Å². The Bertz CT molecular complexity index is 2750. The van der Waals surface area contributed by atoms with Crippen molar-refractivity contribution in [2.75, 3.05) is 0 Å². The lowest BCUT2D eigenvalue weighted by Gasteiger charge is -2.18. The second kappa shape index (κ2) is 10.6. The maximum absolute atomic E-state index is 6.71. The average molecular weight is 613 g/mol. The first kappa shape index (κ1) is 26.8. The topological polar surface area (TPSA) is 26.3 Å². The lowest BCUT2D eigenvalue weighted by Crippen LogP contribution is -1.91. The Labute approximate surface area is 277 Å². The zero-order valence-electron chi connectivity index (χ0n) is 26.0. The van der Waals surface area contributed by atoms with E-state index in [0.29, 0.717) is 0 Å². The highest BCUT2D eigenvalue weighted by molar-refractivity contribution is 6.24. The summed E-state index contributed by atoms with van der Waals surface area (Å²) in [5.41, 5.74) is 10.7. The van der Waals surface area contributed by atoms with E-state index in [0.717, 1.165) is 55.4 Å². The van der Waals surface area contributed by atoms with Crippen molar-refractivity contribution >= 4 is 54.5 Å². The van der Waals surface area contributed by atoms with Crippen LogP contribution in [0.25, 0.3) is 99.2 Å². The first-order valence-corrected chi connectivity index (χ1v) is 16.4. The Morgan fingerprint density at radius 1 is 0.250 bits per heavy atom. The molecule has 2 aromatic heterocycles. The Hall–Kier alpha value is -6.38. The normalized spacial score (nSPS) is 11.8. The van der Waals surface area contributed by atoms with Crippen LogP contribution in [0, 0.1) is 0 Å². The van der Waals surface area contributed by atoms with Crippen LogP contribution >= 0.6 is 0 Å². The van der Waals surface area contributed by atoms with Crippen molar-refractivity contribution in [1.29, 1.82) is 0 Å². The highest BCUT2D eigenvalue weighted by atomic mass is 16.3. The zero-order valence-corrected chi connectivity index (χ0v) is 26.0. The third kappa shape index (κ3) is 4.00. The maximum atomic E-state index is 6.71.